The summed E-state index contributed by atoms with van der Waals surface area (Å²) in [6.07, 6.45) is 6.34. The number of nitrogens with zero attached hydrogens (tertiary/aromatic N) is 1. The van der Waals surface area contributed by atoms with Crippen LogP contribution >= 0.6 is 11.3 Å². The van der Waals surface area contributed by atoms with Crippen LogP contribution in [-0.4, -0.2) is 4.57 Å². The van der Waals surface area contributed by atoms with Gasteiger partial charge in [0.05, 0.1) is 11.2 Å². The van der Waals surface area contributed by atoms with E-state index in [0.29, 0.717) is 0 Å². The van der Waals surface area contributed by atoms with Gasteiger partial charge in [0.2, 0.25) is 0 Å². The topological polar surface area (TPSA) is 4.93 Å². The number of rotatable bonds is 6. The number of allylic oxidation sites excluding steroid dienone is 1. The molecule has 69 heavy (non-hydrogen) atoms. The number of fused-ring (bicyclic) bond motifs is 12. The highest BCUT2D eigenvalue weighted by molar-refractivity contribution is 7.26. The molecule has 0 saturated heterocycles. The molecular formula is C67H43NS. The fourth-order valence-corrected chi connectivity index (χ4v) is 13.0. The molecule has 2 heteroatoms. The van der Waals surface area contributed by atoms with E-state index < -0.39 is 0 Å². The largest absolute Gasteiger partial charge is 0.309 e. The van der Waals surface area contributed by atoms with E-state index in [-0.39, 0.29) is 0 Å². The molecular weight excluding hydrogens is 851 g/mol. The van der Waals surface area contributed by atoms with Gasteiger partial charge in [-0.3, -0.25) is 0 Å². The third-order valence-corrected chi connectivity index (χ3v) is 15.8. The third kappa shape index (κ3) is 5.83. The lowest BCUT2D eigenvalue weighted by Gasteiger charge is -2.22. The Bertz CT molecular complexity index is 4390. The Labute approximate surface area is 403 Å². The predicted molar refractivity (Wildman–Crippen MR) is 302 cm³/mol. The van der Waals surface area contributed by atoms with Crippen molar-refractivity contribution in [2.24, 2.45) is 0 Å². The summed E-state index contributed by atoms with van der Waals surface area (Å²) in [4.78, 5) is 0. The Hall–Kier alpha value is -8.56. The van der Waals surface area contributed by atoms with Crippen molar-refractivity contribution in [3.63, 3.8) is 0 Å². The maximum atomic E-state index is 4.35. The molecule has 0 radical (unpaired) electrons. The fourth-order valence-electron chi connectivity index (χ4n) is 11.8. The molecule has 2 heterocycles. The van der Waals surface area contributed by atoms with Crippen LogP contribution in [0.2, 0.25) is 0 Å². The molecule has 0 N–H and O–H groups in total. The molecule has 0 spiro atoms. The predicted octanol–water partition coefficient (Wildman–Crippen LogP) is 19.6. The average molecular weight is 894 g/mol. The zero-order chi connectivity index (χ0) is 45.7. The van der Waals surface area contributed by atoms with E-state index in [1.807, 2.05) is 17.4 Å². The second kappa shape index (κ2) is 15.5. The summed E-state index contributed by atoms with van der Waals surface area (Å²) in [5.74, 6) is 0. The first kappa shape index (κ1) is 39.6. The number of aromatic nitrogens is 1. The van der Waals surface area contributed by atoms with Crippen molar-refractivity contribution in [2.75, 3.05) is 0 Å². The van der Waals surface area contributed by atoms with Crippen LogP contribution in [-0.2, 0) is 0 Å². The average Bonchev–Trinajstić information content (AvgIpc) is 3.94. The van der Waals surface area contributed by atoms with Gasteiger partial charge in [0.1, 0.15) is 0 Å². The summed E-state index contributed by atoms with van der Waals surface area (Å²) in [7, 11) is 0. The second-order valence-electron chi connectivity index (χ2n) is 18.2. The minimum Gasteiger partial charge on any atom is -0.309 e. The van der Waals surface area contributed by atoms with Crippen LogP contribution in [0.25, 0.3) is 147 Å². The highest BCUT2D eigenvalue weighted by Gasteiger charge is 2.24. The van der Waals surface area contributed by atoms with Crippen LogP contribution in [0.15, 0.2) is 225 Å². The number of para-hydroxylation sites is 1. The maximum absolute atomic E-state index is 4.35. The van der Waals surface area contributed by atoms with E-state index in [2.05, 4.69) is 243 Å². The molecule has 14 rings (SSSR count). The monoisotopic (exact) mass is 893 g/mol. The van der Waals surface area contributed by atoms with Crippen molar-refractivity contribution in [2.45, 2.75) is 6.92 Å². The van der Waals surface area contributed by atoms with Gasteiger partial charge in [0, 0.05) is 42.2 Å². The molecule has 0 unspecified atom stereocenters. The van der Waals surface area contributed by atoms with Gasteiger partial charge in [-0.2, -0.15) is 0 Å². The highest BCUT2D eigenvalue weighted by Crippen LogP contribution is 2.51. The van der Waals surface area contributed by atoms with Gasteiger partial charge >= 0.3 is 0 Å². The first-order valence-electron chi connectivity index (χ1n) is 23.8. The van der Waals surface area contributed by atoms with E-state index in [4.69, 9.17) is 0 Å². The number of hydrogen-bond acceptors (Lipinski definition) is 1. The Morgan fingerprint density at radius 3 is 1.43 bits per heavy atom. The van der Waals surface area contributed by atoms with Crippen LogP contribution in [0, 0.1) is 0 Å². The number of thiophene rings is 1. The summed E-state index contributed by atoms with van der Waals surface area (Å²) in [5.41, 5.74) is 12.0. The van der Waals surface area contributed by atoms with Crippen LogP contribution in [0.5, 0.6) is 0 Å². The van der Waals surface area contributed by atoms with Crippen LogP contribution < -0.4 is 0 Å². The fraction of sp³-hybridized carbons (Fsp3) is 0.0149. The molecule has 0 aliphatic carbocycles. The van der Waals surface area contributed by atoms with Crippen molar-refractivity contribution in [3.8, 4) is 39.1 Å². The molecule has 12 aromatic carbocycles. The first-order valence-corrected chi connectivity index (χ1v) is 24.6. The Balaban J connectivity index is 1.01. The quantitative estimate of drug-likeness (QED) is 0.116. The van der Waals surface area contributed by atoms with E-state index >= 15 is 0 Å². The van der Waals surface area contributed by atoms with E-state index in [1.54, 1.807) is 0 Å². The van der Waals surface area contributed by atoms with E-state index in [0.717, 1.165) is 22.5 Å². The molecule has 0 atom stereocenters. The van der Waals surface area contributed by atoms with Gasteiger partial charge in [-0.1, -0.05) is 201 Å². The third-order valence-electron chi connectivity index (χ3n) is 14.6. The lowest BCUT2D eigenvalue weighted by atomic mass is 9.81. The lowest BCUT2D eigenvalue weighted by molar-refractivity contribution is 1.10. The molecule has 1 nitrogen and oxygen atoms in total. The second-order valence-corrected chi connectivity index (χ2v) is 19.3. The van der Waals surface area contributed by atoms with Gasteiger partial charge in [0.25, 0.3) is 0 Å². The van der Waals surface area contributed by atoms with Crippen molar-refractivity contribution < 1.29 is 0 Å². The first-order chi connectivity index (χ1) is 34.2. The summed E-state index contributed by atoms with van der Waals surface area (Å²) < 4.78 is 5.02. The van der Waals surface area contributed by atoms with Crippen LogP contribution in [0.1, 0.15) is 18.2 Å². The normalized spacial score (nSPS) is 12.1. The molecule has 0 saturated carbocycles. The molecule has 0 aliphatic rings. The van der Waals surface area contributed by atoms with Crippen LogP contribution in [0.4, 0.5) is 0 Å². The Morgan fingerprint density at radius 2 is 0.855 bits per heavy atom. The summed E-state index contributed by atoms with van der Waals surface area (Å²) in [6, 6.07) is 79.1. The molecule has 322 valence electrons. The van der Waals surface area contributed by atoms with Crippen molar-refractivity contribution in [3.05, 3.63) is 236 Å². The zero-order valence-electron chi connectivity index (χ0n) is 38.0. The van der Waals surface area contributed by atoms with E-state index in [9.17, 15) is 0 Å². The van der Waals surface area contributed by atoms with Gasteiger partial charge < -0.3 is 4.57 Å². The number of hydrogen-bond donors (Lipinski definition) is 0. The SMILES string of the molecule is C=Cc1c(/C=C\C)n(-c2ccccc2)c2ccc(-c3c4ccccc4c(-c4c5ccccc5c(-c5ccc6c(c5)sc5c6ccc6c7ccccc7ccc65)c5ccccc45)c4ccccc34)cc12. The van der Waals surface area contributed by atoms with Gasteiger partial charge in [-0.25, -0.2) is 0 Å². The zero-order valence-corrected chi connectivity index (χ0v) is 38.8. The molecule has 0 fully saturated rings. The minimum atomic E-state index is 1.13. The van der Waals surface area contributed by atoms with Crippen LogP contribution in [0.3, 0.4) is 0 Å². The van der Waals surface area contributed by atoms with Crippen molar-refractivity contribution >= 4 is 119 Å². The Morgan fingerprint density at radius 1 is 0.391 bits per heavy atom. The summed E-state index contributed by atoms with van der Waals surface area (Å²) >= 11 is 1.92. The molecule has 0 amide bonds. The van der Waals surface area contributed by atoms with Gasteiger partial charge in [-0.05, 0) is 136 Å². The Kier molecular flexibility index (Phi) is 8.89. The number of benzene rings is 12. The lowest BCUT2D eigenvalue weighted by Crippen LogP contribution is -1.96. The maximum Gasteiger partial charge on any atom is 0.0541 e. The summed E-state index contributed by atoms with van der Waals surface area (Å²) in [5, 5.41) is 19.0. The standard InChI is InChI=1S/C67H43NS/c1-3-18-60-45(4-2)59-39-42(33-38-61(59)68(60)44-20-6-5-7-21-44)63-49-23-10-14-27-53(49)65(54-28-15-11-24-50(54)63)66-55-29-16-12-25-51(55)64(52-26-13-17-30-56(52)66)43-32-34-48-58-37-36-47-46-22-9-8-19-41(46)31-35-57(47)67(58)69-62(48)40-43/h3-40H,2H2,1H3/b18-3-. The molecule has 0 bridgehead atoms. The molecule has 2 aromatic heterocycles. The van der Waals surface area contributed by atoms with Crippen molar-refractivity contribution in [1.29, 1.82) is 0 Å². The van der Waals surface area contributed by atoms with Gasteiger partial charge in [0.15, 0.2) is 0 Å². The molecule has 0 aliphatic heterocycles. The van der Waals surface area contributed by atoms with Crippen molar-refractivity contribution in [1.82, 2.24) is 4.57 Å². The smallest absolute Gasteiger partial charge is 0.0541 e. The van der Waals surface area contributed by atoms with E-state index in [1.165, 1.54) is 124 Å². The van der Waals surface area contributed by atoms with Gasteiger partial charge in [-0.15, -0.1) is 11.3 Å². The minimum absolute atomic E-state index is 1.13. The molecule has 14 aromatic rings. The summed E-state index contributed by atoms with van der Waals surface area (Å²) in [6.45, 7) is 6.43. The highest BCUT2D eigenvalue weighted by atomic mass is 32.1.